The summed E-state index contributed by atoms with van der Waals surface area (Å²) in [7, 11) is 1.89. The van der Waals surface area contributed by atoms with Crippen LogP contribution in [-0.2, 0) is 11.8 Å². The molecule has 0 atom stereocenters. The average Bonchev–Trinajstić information content (AvgIpc) is 3.15. The first-order valence-electron chi connectivity index (χ1n) is 10.1. The Balaban J connectivity index is 1.31. The SMILES string of the molecule is CC1CCN(C(=O)CN2CCN(c3cncc(-c4cnn(C)c4)n3)CC2)CC1. The Morgan fingerprint density at radius 2 is 1.82 bits per heavy atom. The van der Waals surface area contributed by atoms with Crippen LogP contribution in [0.5, 0.6) is 0 Å². The van der Waals surface area contributed by atoms with Gasteiger partial charge in [-0.1, -0.05) is 6.92 Å². The molecule has 0 aromatic carbocycles. The number of hydrogen-bond acceptors (Lipinski definition) is 6. The van der Waals surface area contributed by atoms with E-state index in [1.54, 1.807) is 17.1 Å². The standard InChI is InChI=1S/C20H29N7O/c1-16-3-5-27(6-4-16)20(28)15-25-7-9-26(10-8-25)19-13-21-12-18(23-19)17-11-22-24(2)14-17/h11-14,16H,3-10,15H2,1-2H3. The molecule has 4 rings (SSSR count). The van der Waals surface area contributed by atoms with E-state index in [2.05, 4.69) is 26.8 Å². The van der Waals surface area contributed by atoms with Crippen LogP contribution in [0.2, 0.25) is 0 Å². The fraction of sp³-hybridized carbons (Fsp3) is 0.600. The summed E-state index contributed by atoms with van der Waals surface area (Å²) in [5.41, 5.74) is 1.81. The monoisotopic (exact) mass is 383 g/mol. The molecular formula is C20H29N7O. The van der Waals surface area contributed by atoms with Gasteiger partial charge in [0.05, 0.1) is 30.8 Å². The molecule has 1 amide bonds. The van der Waals surface area contributed by atoms with E-state index in [0.717, 1.165) is 75.1 Å². The normalized spacial score (nSPS) is 19.2. The van der Waals surface area contributed by atoms with E-state index in [4.69, 9.17) is 4.98 Å². The van der Waals surface area contributed by atoms with Crippen LogP contribution >= 0.6 is 0 Å². The summed E-state index contributed by atoms with van der Waals surface area (Å²) < 4.78 is 1.77. The fourth-order valence-electron chi connectivity index (χ4n) is 3.88. The number of carbonyl (C=O) groups is 1. The molecular weight excluding hydrogens is 354 g/mol. The minimum absolute atomic E-state index is 0.277. The Bertz CT molecular complexity index is 804. The predicted molar refractivity (Wildman–Crippen MR) is 108 cm³/mol. The van der Waals surface area contributed by atoms with Gasteiger partial charge in [-0.15, -0.1) is 0 Å². The lowest BCUT2D eigenvalue weighted by molar-refractivity contribution is -0.133. The van der Waals surface area contributed by atoms with E-state index < -0.39 is 0 Å². The number of anilines is 1. The lowest BCUT2D eigenvalue weighted by Gasteiger charge is -2.37. The summed E-state index contributed by atoms with van der Waals surface area (Å²) in [6.07, 6.45) is 9.60. The van der Waals surface area contributed by atoms with Crippen molar-refractivity contribution in [1.29, 1.82) is 0 Å². The van der Waals surface area contributed by atoms with Crippen LogP contribution in [0.15, 0.2) is 24.8 Å². The molecule has 150 valence electrons. The number of aryl methyl sites for hydroxylation is 1. The molecule has 0 spiro atoms. The number of nitrogens with zero attached hydrogens (tertiary/aromatic N) is 7. The largest absolute Gasteiger partial charge is 0.353 e. The zero-order valence-corrected chi connectivity index (χ0v) is 16.8. The highest BCUT2D eigenvalue weighted by Gasteiger charge is 2.25. The Hall–Kier alpha value is -2.48. The van der Waals surface area contributed by atoms with Gasteiger partial charge in [0.1, 0.15) is 5.82 Å². The van der Waals surface area contributed by atoms with Crippen LogP contribution in [0.3, 0.4) is 0 Å². The summed E-state index contributed by atoms with van der Waals surface area (Å²) in [6, 6.07) is 0. The van der Waals surface area contributed by atoms with Crippen molar-refractivity contribution in [2.24, 2.45) is 13.0 Å². The molecule has 2 aliphatic heterocycles. The van der Waals surface area contributed by atoms with Crippen molar-refractivity contribution >= 4 is 11.7 Å². The van der Waals surface area contributed by atoms with E-state index >= 15 is 0 Å². The zero-order valence-electron chi connectivity index (χ0n) is 16.8. The smallest absolute Gasteiger partial charge is 0.236 e. The van der Waals surface area contributed by atoms with Crippen molar-refractivity contribution in [1.82, 2.24) is 29.5 Å². The number of likely N-dealkylation sites (tertiary alicyclic amines) is 1. The van der Waals surface area contributed by atoms with Gasteiger partial charge in [-0.25, -0.2) is 4.98 Å². The van der Waals surface area contributed by atoms with E-state index in [9.17, 15) is 4.79 Å². The number of aromatic nitrogens is 4. The molecule has 8 nitrogen and oxygen atoms in total. The first-order chi connectivity index (χ1) is 13.6. The van der Waals surface area contributed by atoms with Gasteiger partial charge in [0, 0.05) is 58.1 Å². The van der Waals surface area contributed by atoms with Crippen LogP contribution in [0.25, 0.3) is 11.3 Å². The van der Waals surface area contributed by atoms with E-state index in [-0.39, 0.29) is 5.91 Å². The first-order valence-corrected chi connectivity index (χ1v) is 10.1. The molecule has 2 aliphatic rings. The van der Waals surface area contributed by atoms with E-state index in [1.165, 1.54) is 0 Å². The van der Waals surface area contributed by atoms with Gasteiger partial charge < -0.3 is 9.80 Å². The number of piperazine rings is 1. The molecule has 2 aromatic rings. The summed E-state index contributed by atoms with van der Waals surface area (Å²) >= 11 is 0. The molecule has 2 saturated heterocycles. The Morgan fingerprint density at radius 3 is 2.50 bits per heavy atom. The molecule has 0 unspecified atom stereocenters. The summed E-state index contributed by atoms with van der Waals surface area (Å²) in [5, 5.41) is 4.21. The maximum absolute atomic E-state index is 12.6. The van der Waals surface area contributed by atoms with Crippen LogP contribution in [-0.4, -0.2) is 81.3 Å². The first kappa shape index (κ1) is 18.9. The quantitative estimate of drug-likeness (QED) is 0.792. The zero-order chi connectivity index (χ0) is 19.5. The molecule has 8 heteroatoms. The van der Waals surface area contributed by atoms with Crippen molar-refractivity contribution in [2.75, 3.05) is 50.7 Å². The summed E-state index contributed by atoms with van der Waals surface area (Å²) in [4.78, 5) is 28.2. The van der Waals surface area contributed by atoms with Crippen molar-refractivity contribution < 1.29 is 4.79 Å². The van der Waals surface area contributed by atoms with Crippen molar-refractivity contribution in [2.45, 2.75) is 19.8 Å². The van der Waals surface area contributed by atoms with Crippen LogP contribution < -0.4 is 4.90 Å². The second kappa shape index (κ2) is 8.26. The third-order valence-corrected chi connectivity index (χ3v) is 5.81. The minimum atomic E-state index is 0.277. The van der Waals surface area contributed by atoms with Gasteiger partial charge in [0.15, 0.2) is 0 Å². The third kappa shape index (κ3) is 4.32. The Kier molecular flexibility index (Phi) is 5.57. The number of amides is 1. The highest BCUT2D eigenvalue weighted by atomic mass is 16.2. The number of carbonyl (C=O) groups excluding carboxylic acids is 1. The predicted octanol–water partition coefficient (Wildman–Crippen LogP) is 1.26. The molecule has 2 fully saturated rings. The summed E-state index contributed by atoms with van der Waals surface area (Å²) in [5.74, 6) is 1.91. The number of hydrogen-bond donors (Lipinski definition) is 0. The Labute approximate surface area is 166 Å². The van der Waals surface area contributed by atoms with Gasteiger partial charge in [-0.05, 0) is 18.8 Å². The van der Waals surface area contributed by atoms with Gasteiger partial charge >= 0.3 is 0 Å². The van der Waals surface area contributed by atoms with E-state index in [0.29, 0.717) is 6.54 Å². The van der Waals surface area contributed by atoms with E-state index in [1.807, 2.05) is 24.3 Å². The molecule has 2 aromatic heterocycles. The number of piperidine rings is 1. The lowest BCUT2D eigenvalue weighted by atomic mass is 9.99. The fourth-order valence-corrected chi connectivity index (χ4v) is 3.88. The van der Waals surface area contributed by atoms with Gasteiger partial charge in [-0.3, -0.25) is 19.4 Å². The minimum Gasteiger partial charge on any atom is -0.353 e. The lowest BCUT2D eigenvalue weighted by Crippen LogP contribution is -2.51. The highest BCUT2D eigenvalue weighted by Crippen LogP contribution is 2.20. The molecule has 0 bridgehead atoms. The van der Waals surface area contributed by atoms with Crippen molar-refractivity contribution in [3.63, 3.8) is 0 Å². The van der Waals surface area contributed by atoms with Crippen LogP contribution in [0, 0.1) is 5.92 Å². The van der Waals surface area contributed by atoms with Crippen LogP contribution in [0.1, 0.15) is 19.8 Å². The second-order valence-corrected chi connectivity index (χ2v) is 7.99. The molecule has 0 radical (unpaired) electrons. The molecule has 0 saturated carbocycles. The maximum atomic E-state index is 12.6. The summed E-state index contributed by atoms with van der Waals surface area (Å²) in [6.45, 7) is 8.08. The van der Waals surface area contributed by atoms with Crippen molar-refractivity contribution in [3.05, 3.63) is 24.8 Å². The second-order valence-electron chi connectivity index (χ2n) is 7.99. The maximum Gasteiger partial charge on any atom is 0.236 e. The van der Waals surface area contributed by atoms with Crippen molar-refractivity contribution in [3.8, 4) is 11.3 Å². The van der Waals surface area contributed by atoms with Gasteiger partial charge in [0.25, 0.3) is 0 Å². The molecule has 28 heavy (non-hydrogen) atoms. The molecule has 0 N–H and O–H groups in total. The van der Waals surface area contributed by atoms with Gasteiger partial charge in [0.2, 0.25) is 5.91 Å². The number of rotatable bonds is 4. The molecule has 0 aliphatic carbocycles. The highest BCUT2D eigenvalue weighted by molar-refractivity contribution is 5.78. The van der Waals surface area contributed by atoms with Gasteiger partial charge in [-0.2, -0.15) is 5.10 Å². The topological polar surface area (TPSA) is 70.4 Å². The van der Waals surface area contributed by atoms with Crippen LogP contribution in [0.4, 0.5) is 5.82 Å². The average molecular weight is 384 g/mol. The third-order valence-electron chi connectivity index (χ3n) is 5.81. The Morgan fingerprint density at radius 1 is 1.07 bits per heavy atom. The molecule has 4 heterocycles.